The van der Waals surface area contributed by atoms with E-state index in [0.717, 1.165) is 23.8 Å². The second-order valence-electron chi connectivity index (χ2n) is 7.05. The molecule has 2 unspecified atom stereocenters. The van der Waals surface area contributed by atoms with E-state index in [4.69, 9.17) is 5.73 Å². The number of ketones is 1. The normalized spacial score (nSPS) is 21.5. The number of carbonyl (C=O) groups is 1. The standard InChI is InChI=1S/C18H28N4O3S/c1-11-8-6-5-7-9-13(11)14(23)10-26-12(2)20-16-15(19)17(24)22(4)18(25)21(16)3/h11,13H,5-10,19H2,1-4H3. The molecule has 1 aliphatic carbocycles. The van der Waals surface area contributed by atoms with E-state index in [2.05, 4.69) is 11.9 Å². The highest BCUT2D eigenvalue weighted by Gasteiger charge is 2.26. The van der Waals surface area contributed by atoms with Crippen LogP contribution < -0.4 is 17.0 Å². The summed E-state index contributed by atoms with van der Waals surface area (Å²) in [6.45, 7) is 3.92. The summed E-state index contributed by atoms with van der Waals surface area (Å²) >= 11 is 1.34. The van der Waals surface area contributed by atoms with Gasteiger partial charge >= 0.3 is 5.69 Å². The fourth-order valence-electron chi connectivity index (χ4n) is 3.43. The van der Waals surface area contributed by atoms with Crippen LogP contribution in [0.3, 0.4) is 0 Å². The number of thioether (sulfide) groups is 1. The Morgan fingerprint density at radius 1 is 1.19 bits per heavy atom. The summed E-state index contributed by atoms with van der Waals surface area (Å²) in [6, 6.07) is 0. The molecule has 2 N–H and O–H groups in total. The molecule has 1 aromatic heterocycles. The Labute approximate surface area is 157 Å². The van der Waals surface area contributed by atoms with Crippen LogP contribution in [0.5, 0.6) is 0 Å². The second-order valence-corrected chi connectivity index (χ2v) is 8.22. The molecule has 2 rings (SSSR count). The number of carbonyl (C=O) groups excluding carboxylic acids is 1. The van der Waals surface area contributed by atoms with Crippen molar-refractivity contribution in [2.45, 2.75) is 46.0 Å². The van der Waals surface area contributed by atoms with Crippen molar-refractivity contribution in [1.82, 2.24) is 9.13 Å². The third kappa shape index (κ3) is 4.47. The van der Waals surface area contributed by atoms with Gasteiger partial charge in [0.05, 0.1) is 10.8 Å². The van der Waals surface area contributed by atoms with E-state index in [0.29, 0.717) is 16.7 Å². The number of Topliss-reactive ketones (excluding diaryl/α,β-unsaturated/α-hetero) is 1. The Kier molecular flexibility index (Phi) is 6.86. The van der Waals surface area contributed by atoms with Crippen molar-refractivity contribution in [3.8, 4) is 0 Å². The molecule has 144 valence electrons. The molecule has 0 spiro atoms. The van der Waals surface area contributed by atoms with Crippen LogP contribution in [0, 0.1) is 11.8 Å². The predicted molar refractivity (Wildman–Crippen MR) is 107 cm³/mol. The smallest absolute Gasteiger partial charge is 0.332 e. The van der Waals surface area contributed by atoms with Gasteiger partial charge < -0.3 is 5.73 Å². The summed E-state index contributed by atoms with van der Waals surface area (Å²) < 4.78 is 2.20. The molecule has 0 radical (unpaired) electrons. The Bertz CT molecular complexity index is 788. The van der Waals surface area contributed by atoms with Crippen LogP contribution >= 0.6 is 11.8 Å². The van der Waals surface area contributed by atoms with E-state index >= 15 is 0 Å². The van der Waals surface area contributed by atoms with Crippen LogP contribution in [0.25, 0.3) is 0 Å². The van der Waals surface area contributed by atoms with Crippen LogP contribution in [0.4, 0.5) is 11.5 Å². The number of rotatable bonds is 4. The number of hydrogen-bond acceptors (Lipinski definition) is 6. The summed E-state index contributed by atoms with van der Waals surface area (Å²) in [5.74, 6) is 1.29. The topological polar surface area (TPSA) is 99.4 Å². The van der Waals surface area contributed by atoms with E-state index in [-0.39, 0.29) is 23.2 Å². The molecule has 8 heteroatoms. The Balaban J connectivity index is 2.13. The maximum atomic E-state index is 12.6. The Morgan fingerprint density at radius 2 is 1.85 bits per heavy atom. The van der Waals surface area contributed by atoms with Gasteiger partial charge in [-0.1, -0.05) is 32.6 Å². The number of aliphatic imine (C=N–C) groups is 1. The van der Waals surface area contributed by atoms with Gasteiger partial charge in [0.2, 0.25) is 0 Å². The Morgan fingerprint density at radius 3 is 2.54 bits per heavy atom. The SMILES string of the molecule is CC(=Nc1c(N)c(=O)n(C)c(=O)n1C)SCC(=O)C1CCCCCC1C. The van der Waals surface area contributed by atoms with E-state index in [1.807, 2.05) is 0 Å². The molecule has 0 aromatic carbocycles. The zero-order valence-electron chi connectivity index (χ0n) is 15.9. The van der Waals surface area contributed by atoms with Gasteiger partial charge in [-0.2, -0.15) is 0 Å². The van der Waals surface area contributed by atoms with Crippen molar-refractivity contribution in [1.29, 1.82) is 0 Å². The highest BCUT2D eigenvalue weighted by molar-refractivity contribution is 8.14. The molecule has 26 heavy (non-hydrogen) atoms. The van der Waals surface area contributed by atoms with Gasteiger partial charge in [0.25, 0.3) is 5.56 Å². The van der Waals surface area contributed by atoms with Gasteiger partial charge in [-0.25, -0.2) is 9.79 Å². The van der Waals surface area contributed by atoms with Crippen LogP contribution in [0.1, 0.15) is 46.0 Å². The van der Waals surface area contributed by atoms with Crippen molar-refractivity contribution < 1.29 is 4.79 Å². The first-order valence-electron chi connectivity index (χ1n) is 9.00. The first-order valence-corrected chi connectivity index (χ1v) is 9.98. The number of nitrogens with two attached hydrogens (primary N) is 1. The molecule has 0 saturated heterocycles. The molecule has 0 aliphatic heterocycles. The molecule has 0 bridgehead atoms. The van der Waals surface area contributed by atoms with E-state index in [1.54, 1.807) is 6.92 Å². The first-order chi connectivity index (χ1) is 12.2. The molecular weight excluding hydrogens is 352 g/mol. The molecule has 1 fully saturated rings. The third-order valence-electron chi connectivity index (χ3n) is 5.13. The Hall–Kier alpha value is -1.83. The lowest BCUT2D eigenvalue weighted by atomic mass is 9.87. The molecule has 7 nitrogen and oxygen atoms in total. The number of aromatic nitrogens is 2. The van der Waals surface area contributed by atoms with Crippen LogP contribution in [-0.2, 0) is 18.9 Å². The average Bonchev–Trinajstić information content (AvgIpc) is 2.84. The van der Waals surface area contributed by atoms with Gasteiger partial charge in [0.15, 0.2) is 5.82 Å². The molecule has 1 aromatic rings. The summed E-state index contributed by atoms with van der Waals surface area (Å²) in [5.41, 5.74) is 4.72. The summed E-state index contributed by atoms with van der Waals surface area (Å²) in [4.78, 5) is 40.9. The maximum absolute atomic E-state index is 12.6. The van der Waals surface area contributed by atoms with Crippen molar-refractivity contribution in [3.63, 3.8) is 0 Å². The molecule has 0 amide bonds. The summed E-state index contributed by atoms with van der Waals surface area (Å²) in [5, 5.41) is 0.606. The van der Waals surface area contributed by atoms with Crippen LogP contribution in [0.2, 0.25) is 0 Å². The quantitative estimate of drug-likeness (QED) is 0.490. The highest BCUT2D eigenvalue weighted by Crippen LogP contribution is 2.30. The minimum absolute atomic E-state index is 0.0710. The van der Waals surface area contributed by atoms with Crippen molar-refractivity contribution >= 4 is 34.1 Å². The monoisotopic (exact) mass is 380 g/mol. The molecule has 2 atom stereocenters. The molecule has 1 aliphatic rings. The largest absolute Gasteiger partial charge is 0.391 e. The van der Waals surface area contributed by atoms with Gasteiger partial charge in [0, 0.05) is 20.0 Å². The number of nitrogens with zero attached hydrogens (tertiary/aromatic N) is 3. The van der Waals surface area contributed by atoms with Crippen LogP contribution in [-0.4, -0.2) is 25.7 Å². The van der Waals surface area contributed by atoms with Gasteiger partial charge in [0.1, 0.15) is 11.5 Å². The van der Waals surface area contributed by atoms with Crippen LogP contribution in [0.15, 0.2) is 14.6 Å². The predicted octanol–water partition coefficient (Wildman–Crippen LogP) is 2.23. The number of anilines is 1. The molecule has 1 saturated carbocycles. The third-order valence-corrected chi connectivity index (χ3v) is 6.07. The fraction of sp³-hybridized carbons (Fsp3) is 0.667. The summed E-state index contributed by atoms with van der Waals surface area (Å²) in [7, 11) is 2.90. The van der Waals surface area contributed by atoms with Gasteiger partial charge in [-0.15, -0.1) is 11.8 Å². The lowest BCUT2D eigenvalue weighted by Crippen LogP contribution is -2.38. The maximum Gasteiger partial charge on any atom is 0.332 e. The molecule has 1 heterocycles. The molecular formula is C18H28N4O3S. The highest BCUT2D eigenvalue weighted by atomic mass is 32.2. The minimum Gasteiger partial charge on any atom is -0.391 e. The van der Waals surface area contributed by atoms with E-state index in [1.165, 1.54) is 43.3 Å². The van der Waals surface area contributed by atoms with Crippen molar-refractivity contribution in [2.24, 2.45) is 30.9 Å². The fourth-order valence-corrected chi connectivity index (χ4v) is 4.15. The van der Waals surface area contributed by atoms with Crippen molar-refractivity contribution in [2.75, 3.05) is 11.5 Å². The summed E-state index contributed by atoms with van der Waals surface area (Å²) in [6.07, 6.45) is 5.60. The first kappa shape index (κ1) is 20.5. The van der Waals surface area contributed by atoms with E-state index in [9.17, 15) is 14.4 Å². The zero-order valence-corrected chi connectivity index (χ0v) is 16.8. The minimum atomic E-state index is -0.562. The number of hydrogen-bond donors (Lipinski definition) is 1. The average molecular weight is 381 g/mol. The van der Waals surface area contributed by atoms with Gasteiger partial charge in [-0.05, 0) is 19.3 Å². The van der Waals surface area contributed by atoms with Crippen molar-refractivity contribution in [3.05, 3.63) is 20.8 Å². The lowest BCUT2D eigenvalue weighted by Gasteiger charge is -2.19. The lowest BCUT2D eigenvalue weighted by molar-refractivity contribution is -0.121. The van der Waals surface area contributed by atoms with E-state index < -0.39 is 11.2 Å². The zero-order chi connectivity index (χ0) is 19.4. The van der Waals surface area contributed by atoms with Gasteiger partial charge in [-0.3, -0.25) is 18.7 Å². The second kappa shape index (κ2) is 8.70. The number of nitrogen functional groups attached to an aromatic ring is 1.